The van der Waals surface area contributed by atoms with Crippen molar-refractivity contribution in [1.29, 1.82) is 0 Å². The summed E-state index contributed by atoms with van der Waals surface area (Å²) >= 11 is 0. The van der Waals surface area contributed by atoms with Gasteiger partial charge in [-0.05, 0) is 53.7 Å². The highest BCUT2D eigenvalue weighted by Gasteiger charge is 2.26. The van der Waals surface area contributed by atoms with Gasteiger partial charge >= 0.3 is 0 Å². The van der Waals surface area contributed by atoms with E-state index in [-0.39, 0.29) is 11.6 Å². The largest absolute Gasteiger partial charge is 0.214 e. The standard InChI is InChI=1S/C18H22FNO2S/c1-2-3-12-23(21,22)20-10-8-14(9-11-20)17-6-4-15-13-16(19)5-7-18(15)17/h5-8,13H,2-4,9-12H2,1H3. The van der Waals surface area contributed by atoms with E-state index in [4.69, 9.17) is 0 Å². The first-order valence-electron chi connectivity index (χ1n) is 8.17. The van der Waals surface area contributed by atoms with E-state index in [0.717, 1.165) is 29.5 Å². The molecule has 0 radical (unpaired) electrons. The molecule has 0 amide bonds. The van der Waals surface area contributed by atoms with Crippen LogP contribution in [-0.2, 0) is 16.4 Å². The van der Waals surface area contributed by atoms with Gasteiger partial charge in [0, 0.05) is 13.1 Å². The van der Waals surface area contributed by atoms with Crippen LogP contribution in [0.5, 0.6) is 0 Å². The fraction of sp³-hybridized carbons (Fsp3) is 0.444. The molecular weight excluding hydrogens is 313 g/mol. The molecule has 0 saturated carbocycles. The molecule has 0 aromatic heterocycles. The first-order chi connectivity index (χ1) is 11.0. The summed E-state index contributed by atoms with van der Waals surface area (Å²) in [7, 11) is -3.14. The van der Waals surface area contributed by atoms with E-state index in [1.54, 1.807) is 10.4 Å². The molecule has 124 valence electrons. The highest BCUT2D eigenvalue weighted by atomic mass is 32.2. The van der Waals surface area contributed by atoms with E-state index in [9.17, 15) is 12.8 Å². The fourth-order valence-corrected chi connectivity index (χ4v) is 4.81. The first kappa shape index (κ1) is 16.4. The third-order valence-electron chi connectivity index (χ3n) is 4.55. The van der Waals surface area contributed by atoms with Crippen LogP contribution < -0.4 is 0 Å². The van der Waals surface area contributed by atoms with Gasteiger partial charge < -0.3 is 0 Å². The molecule has 0 fully saturated rings. The van der Waals surface area contributed by atoms with Gasteiger partial charge in [0.15, 0.2) is 0 Å². The molecule has 1 aliphatic carbocycles. The van der Waals surface area contributed by atoms with Gasteiger partial charge in [-0.2, -0.15) is 4.31 Å². The summed E-state index contributed by atoms with van der Waals surface area (Å²) in [6.07, 6.45) is 7.19. The lowest BCUT2D eigenvalue weighted by Gasteiger charge is -2.26. The predicted molar refractivity (Wildman–Crippen MR) is 91.0 cm³/mol. The van der Waals surface area contributed by atoms with E-state index in [1.165, 1.54) is 11.6 Å². The van der Waals surface area contributed by atoms with Gasteiger partial charge in [0.05, 0.1) is 5.75 Å². The van der Waals surface area contributed by atoms with Crippen LogP contribution in [0.2, 0.25) is 0 Å². The number of fused-ring (bicyclic) bond motifs is 1. The second-order valence-corrected chi connectivity index (χ2v) is 8.22. The maximum absolute atomic E-state index is 13.3. The molecule has 1 aromatic carbocycles. The third-order valence-corrected chi connectivity index (χ3v) is 6.47. The number of allylic oxidation sites excluding steroid dienone is 2. The second-order valence-electron chi connectivity index (χ2n) is 6.13. The lowest BCUT2D eigenvalue weighted by Crippen LogP contribution is -2.36. The van der Waals surface area contributed by atoms with Gasteiger partial charge in [-0.1, -0.05) is 31.6 Å². The van der Waals surface area contributed by atoms with Crippen LogP contribution in [-0.4, -0.2) is 31.6 Å². The summed E-state index contributed by atoms with van der Waals surface area (Å²) in [5, 5.41) is 0. The number of rotatable bonds is 5. The molecule has 3 nitrogen and oxygen atoms in total. The predicted octanol–water partition coefficient (Wildman–Crippen LogP) is 3.53. The van der Waals surface area contributed by atoms with Crippen LogP contribution in [0.1, 0.15) is 37.3 Å². The van der Waals surface area contributed by atoms with Gasteiger partial charge in [0.2, 0.25) is 10.0 Å². The SMILES string of the molecule is CCCCS(=O)(=O)N1CC=C(C2=CCc3cc(F)ccc32)CC1. The molecule has 1 aromatic rings. The van der Waals surface area contributed by atoms with Crippen molar-refractivity contribution < 1.29 is 12.8 Å². The molecule has 0 saturated heterocycles. The number of unbranched alkanes of at least 4 members (excludes halogenated alkanes) is 1. The van der Waals surface area contributed by atoms with E-state index in [0.29, 0.717) is 25.9 Å². The van der Waals surface area contributed by atoms with Crippen molar-refractivity contribution in [3.63, 3.8) is 0 Å². The molecule has 0 spiro atoms. The Hall–Kier alpha value is -1.46. The molecule has 0 N–H and O–H groups in total. The normalized spacial score (nSPS) is 18.5. The lowest BCUT2D eigenvalue weighted by atomic mass is 9.95. The van der Waals surface area contributed by atoms with Crippen LogP contribution in [0, 0.1) is 5.82 Å². The quantitative estimate of drug-likeness (QED) is 0.825. The molecule has 1 heterocycles. The topological polar surface area (TPSA) is 37.4 Å². The Bertz CT molecular complexity index is 765. The van der Waals surface area contributed by atoms with Gasteiger partial charge in [0.25, 0.3) is 0 Å². The van der Waals surface area contributed by atoms with E-state index < -0.39 is 10.0 Å². The van der Waals surface area contributed by atoms with Gasteiger partial charge in [0.1, 0.15) is 5.82 Å². The average molecular weight is 335 g/mol. The number of hydrogen-bond donors (Lipinski definition) is 0. The Kier molecular flexibility index (Phi) is 4.69. The summed E-state index contributed by atoms with van der Waals surface area (Å²) in [6, 6.07) is 4.90. The Morgan fingerprint density at radius 1 is 1.26 bits per heavy atom. The zero-order valence-corrected chi connectivity index (χ0v) is 14.2. The highest BCUT2D eigenvalue weighted by molar-refractivity contribution is 7.89. The van der Waals surface area contributed by atoms with Crippen molar-refractivity contribution >= 4 is 15.6 Å². The Morgan fingerprint density at radius 2 is 2.09 bits per heavy atom. The summed E-state index contributed by atoms with van der Waals surface area (Å²) in [4.78, 5) is 0. The lowest BCUT2D eigenvalue weighted by molar-refractivity contribution is 0.433. The van der Waals surface area contributed by atoms with Gasteiger partial charge in [-0.15, -0.1) is 0 Å². The van der Waals surface area contributed by atoms with Crippen molar-refractivity contribution in [2.45, 2.75) is 32.6 Å². The maximum Gasteiger partial charge on any atom is 0.214 e. The van der Waals surface area contributed by atoms with Crippen molar-refractivity contribution in [3.05, 3.63) is 52.9 Å². The van der Waals surface area contributed by atoms with Crippen LogP contribution in [0.3, 0.4) is 0 Å². The maximum atomic E-state index is 13.3. The van der Waals surface area contributed by atoms with E-state index in [2.05, 4.69) is 6.08 Å². The van der Waals surface area contributed by atoms with Crippen LogP contribution in [0.15, 0.2) is 35.9 Å². The number of benzene rings is 1. The van der Waals surface area contributed by atoms with Crippen molar-refractivity contribution in [3.8, 4) is 0 Å². The zero-order chi connectivity index (χ0) is 16.4. The second kappa shape index (κ2) is 6.57. The van der Waals surface area contributed by atoms with Crippen LogP contribution in [0.4, 0.5) is 4.39 Å². The zero-order valence-electron chi connectivity index (χ0n) is 13.4. The van der Waals surface area contributed by atoms with E-state index in [1.807, 2.05) is 19.1 Å². The molecule has 0 bridgehead atoms. The van der Waals surface area contributed by atoms with Crippen molar-refractivity contribution in [2.75, 3.05) is 18.8 Å². The number of halogens is 1. The summed E-state index contributed by atoms with van der Waals surface area (Å²) in [6.45, 7) is 2.97. The fourth-order valence-electron chi connectivity index (χ4n) is 3.22. The molecular formula is C18H22FNO2S. The minimum absolute atomic E-state index is 0.204. The Labute approximate surface area is 137 Å². The summed E-state index contributed by atoms with van der Waals surface area (Å²) in [5.41, 5.74) is 4.42. The molecule has 3 rings (SSSR count). The van der Waals surface area contributed by atoms with Crippen LogP contribution >= 0.6 is 0 Å². The summed E-state index contributed by atoms with van der Waals surface area (Å²) < 4.78 is 39.4. The molecule has 0 atom stereocenters. The van der Waals surface area contributed by atoms with Crippen molar-refractivity contribution in [1.82, 2.24) is 4.31 Å². The highest BCUT2D eigenvalue weighted by Crippen LogP contribution is 2.36. The Balaban J connectivity index is 1.74. The minimum atomic E-state index is -3.14. The third kappa shape index (κ3) is 3.40. The molecule has 0 unspecified atom stereocenters. The molecule has 2 aliphatic rings. The van der Waals surface area contributed by atoms with Gasteiger partial charge in [-0.3, -0.25) is 0 Å². The minimum Gasteiger partial charge on any atom is -0.212 e. The van der Waals surface area contributed by atoms with Gasteiger partial charge in [-0.25, -0.2) is 12.8 Å². The smallest absolute Gasteiger partial charge is 0.212 e. The molecule has 23 heavy (non-hydrogen) atoms. The monoisotopic (exact) mass is 335 g/mol. The van der Waals surface area contributed by atoms with Crippen LogP contribution in [0.25, 0.3) is 5.57 Å². The van der Waals surface area contributed by atoms with E-state index >= 15 is 0 Å². The molecule has 5 heteroatoms. The number of sulfonamides is 1. The van der Waals surface area contributed by atoms with Crippen molar-refractivity contribution in [2.24, 2.45) is 0 Å². The first-order valence-corrected chi connectivity index (χ1v) is 9.78. The molecule has 1 aliphatic heterocycles. The average Bonchev–Trinajstić information content (AvgIpc) is 2.96. The number of nitrogens with zero attached hydrogens (tertiary/aromatic N) is 1. The summed E-state index contributed by atoms with van der Waals surface area (Å²) in [5.74, 6) is 0.0292. The number of hydrogen-bond acceptors (Lipinski definition) is 2. The Morgan fingerprint density at radius 3 is 2.78 bits per heavy atom.